The van der Waals surface area contributed by atoms with Crippen LogP contribution >= 0.6 is 0 Å². The molecule has 0 spiro atoms. The Kier molecular flexibility index (Phi) is 17.7. The third kappa shape index (κ3) is 12.5. The van der Waals surface area contributed by atoms with E-state index in [1.54, 1.807) is 16.6 Å². The summed E-state index contributed by atoms with van der Waals surface area (Å²) in [5.74, 6) is 0.739. The van der Waals surface area contributed by atoms with Crippen molar-refractivity contribution in [2.45, 2.75) is 14.9 Å². The van der Waals surface area contributed by atoms with E-state index in [1.807, 2.05) is 77.6 Å². The van der Waals surface area contributed by atoms with E-state index >= 15 is 0 Å². The number of hydrogen-bond acceptors (Lipinski definition) is 13. The fourth-order valence-corrected chi connectivity index (χ4v) is 7.49. The minimum absolute atomic E-state index is 0. The number of hydrogen-bond donors (Lipinski definition) is 6. The van der Waals surface area contributed by atoms with Gasteiger partial charge in [0, 0.05) is 86.5 Å². The summed E-state index contributed by atoms with van der Waals surface area (Å²) in [7, 11) is 2.86. The number of nitrogens with zero attached hydrogens (tertiary/aromatic N) is 8. The minimum atomic E-state index is -0.729. The highest BCUT2D eigenvalue weighted by Gasteiger charge is 2.20. The topological polar surface area (TPSA) is 237 Å². The molecule has 10 rings (SSSR count). The first-order valence-corrected chi connectivity index (χ1v) is 22.2. The van der Waals surface area contributed by atoms with Crippen molar-refractivity contribution in [1.82, 2.24) is 39.8 Å². The summed E-state index contributed by atoms with van der Waals surface area (Å²) in [4.78, 5) is 49.0. The number of aromatic nitrogens is 6. The number of urea groups is 1. The van der Waals surface area contributed by atoms with Crippen molar-refractivity contribution in [2.75, 3.05) is 98.6 Å². The molecule has 8 N–H and O–H groups in total. The first-order valence-electron chi connectivity index (χ1n) is 22.2. The average molecular weight is 985 g/mol. The Morgan fingerprint density at radius 2 is 0.972 bits per heavy atom. The number of carbonyl (C=O) groups is 3. The maximum atomic E-state index is 14.1. The summed E-state index contributed by atoms with van der Waals surface area (Å²) in [6, 6.07) is 29.9. The summed E-state index contributed by atoms with van der Waals surface area (Å²) >= 11 is 0. The molecule has 0 unspecified atom stereocenters. The summed E-state index contributed by atoms with van der Waals surface area (Å²) in [5.41, 5.74) is 16.4. The van der Waals surface area contributed by atoms with Crippen LogP contribution in [0.25, 0.3) is 33.8 Å². The van der Waals surface area contributed by atoms with Crippen LogP contribution in [-0.4, -0.2) is 114 Å². The van der Waals surface area contributed by atoms with Gasteiger partial charge < -0.3 is 52.0 Å². The van der Waals surface area contributed by atoms with Crippen molar-refractivity contribution < 1.29 is 32.6 Å². The molecule has 8 aromatic rings. The molecular weight excluding hydrogens is 927 g/mol. The number of fused-ring (bicyclic) bond motifs is 2. The van der Waals surface area contributed by atoms with E-state index in [4.69, 9.17) is 30.9 Å². The first-order chi connectivity index (χ1) is 34.0. The standard InChI is InChI=1S/C25H24FN7O3.C16H17N5O.C8H9FN2O.2CH4/c1-27-24(34)19-9-8-18(15-20(19)26)29-25(35)28-17-6-4-16(5-7-17)22-30-23(32-11-13-36-14-12-32)21-3-2-10-33(21)31-22;17-13-5-3-12(4-6-13)15-18-16(20-8-10-22-11-9-20)14-2-1-7-21(14)19-15;1-11-8(12)6-3-2-5(10)4-7(6)9;;/h2-10,15H,11-14H2,1H3,(H,27,34)(H2,28,29,35);1-7H,8-11,17H2;2-4H,10H2,1H3,(H,11,12);2*1H4. The lowest BCUT2D eigenvalue weighted by molar-refractivity contribution is 0.0950. The van der Waals surface area contributed by atoms with Gasteiger partial charge >= 0.3 is 6.03 Å². The van der Waals surface area contributed by atoms with E-state index in [9.17, 15) is 23.2 Å². The molecule has 72 heavy (non-hydrogen) atoms. The second kappa shape index (κ2) is 24.2. The third-order valence-electron chi connectivity index (χ3n) is 11.1. The quantitative estimate of drug-likeness (QED) is 0.0826. The molecule has 0 aliphatic carbocycles. The number of halogens is 2. The molecule has 4 aromatic heterocycles. The molecule has 2 aliphatic rings. The van der Waals surface area contributed by atoms with Crippen LogP contribution in [0.5, 0.6) is 0 Å². The smallest absolute Gasteiger partial charge is 0.323 e. The van der Waals surface area contributed by atoms with Gasteiger partial charge in [-0.2, -0.15) is 0 Å². The van der Waals surface area contributed by atoms with Crippen molar-refractivity contribution in [3.05, 3.63) is 144 Å². The fraction of sp³-hybridized carbons (Fsp3) is 0.235. The summed E-state index contributed by atoms with van der Waals surface area (Å²) in [6.07, 6.45) is 3.83. The van der Waals surface area contributed by atoms with E-state index in [0.29, 0.717) is 36.2 Å². The molecule has 0 bridgehead atoms. The number of nitrogens with one attached hydrogen (secondary N) is 4. The van der Waals surface area contributed by atoms with Crippen molar-refractivity contribution in [3.8, 4) is 22.8 Å². The second-order valence-electron chi connectivity index (χ2n) is 15.8. The fourth-order valence-electron chi connectivity index (χ4n) is 7.49. The zero-order chi connectivity index (χ0) is 49.1. The molecule has 0 atom stereocenters. The zero-order valence-corrected chi connectivity index (χ0v) is 38.2. The van der Waals surface area contributed by atoms with Crippen LogP contribution in [0, 0.1) is 11.6 Å². The second-order valence-corrected chi connectivity index (χ2v) is 15.8. The summed E-state index contributed by atoms with van der Waals surface area (Å²) < 4.78 is 41.7. The number of ether oxygens (including phenoxy) is 2. The van der Waals surface area contributed by atoms with E-state index in [-0.39, 0.29) is 31.7 Å². The lowest BCUT2D eigenvalue weighted by Crippen LogP contribution is -2.37. The molecule has 2 saturated heterocycles. The Morgan fingerprint density at radius 3 is 1.43 bits per heavy atom. The van der Waals surface area contributed by atoms with Crippen LogP contribution in [-0.2, 0) is 9.47 Å². The molecule has 2 fully saturated rings. The summed E-state index contributed by atoms with van der Waals surface area (Å²) in [6.45, 7) is 5.97. The van der Waals surface area contributed by atoms with E-state index in [1.165, 1.54) is 38.4 Å². The number of nitrogens with two attached hydrogens (primary N) is 2. The Hall–Kier alpha value is -8.69. The summed E-state index contributed by atoms with van der Waals surface area (Å²) in [5, 5.41) is 19.2. The van der Waals surface area contributed by atoms with Crippen molar-refractivity contribution >= 4 is 63.3 Å². The SMILES string of the molecule is C.C.CNC(=O)c1ccc(N)cc1F.CNC(=O)c1ccc(NC(=O)Nc2ccc(-c3nc(N4CCOCC4)c4cccn4n3)cc2)cc1F.Nc1ccc(-c2nc(N3CCOCC3)c3cccn3n2)cc1. The number of carbonyl (C=O) groups excluding carboxylic acids is 3. The van der Waals surface area contributed by atoms with Crippen molar-refractivity contribution in [2.24, 2.45) is 0 Å². The van der Waals surface area contributed by atoms with Crippen molar-refractivity contribution in [3.63, 3.8) is 0 Å². The Balaban J connectivity index is 0.000000199. The van der Waals surface area contributed by atoms with Crippen LogP contribution in [0.4, 0.5) is 48.0 Å². The molecule has 6 heterocycles. The molecule has 0 saturated carbocycles. The average Bonchev–Trinajstić information content (AvgIpc) is 4.07. The van der Waals surface area contributed by atoms with Crippen LogP contribution in [0.1, 0.15) is 35.6 Å². The van der Waals surface area contributed by atoms with E-state index in [2.05, 4.69) is 41.3 Å². The number of morpholine rings is 2. The van der Waals surface area contributed by atoms with Gasteiger partial charge in [-0.15, -0.1) is 10.2 Å². The van der Waals surface area contributed by atoms with Gasteiger partial charge in [-0.25, -0.2) is 32.6 Å². The van der Waals surface area contributed by atoms with Crippen molar-refractivity contribution in [1.29, 1.82) is 0 Å². The monoisotopic (exact) mass is 984 g/mol. The van der Waals surface area contributed by atoms with Gasteiger partial charge in [0.1, 0.15) is 22.7 Å². The maximum absolute atomic E-state index is 14.1. The number of nitrogen functional groups attached to an aromatic ring is 2. The van der Waals surface area contributed by atoms with Gasteiger partial charge in [-0.05, 0) is 109 Å². The Morgan fingerprint density at radius 1 is 0.556 bits per heavy atom. The zero-order valence-electron chi connectivity index (χ0n) is 38.2. The molecule has 21 heteroatoms. The molecule has 19 nitrogen and oxygen atoms in total. The maximum Gasteiger partial charge on any atom is 0.323 e. The van der Waals surface area contributed by atoms with Gasteiger partial charge in [0.25, 0.3) is 11.8 Å². The lowest BCUT2D eigenvalue weighted by Gasteiger charge is -2.28. The predicted molar refractivity (Wildman–Crippen MR) is 277 cm³/mol. The highest BCUT2D eigenvalue weighted by Crippen LogP contribution is 2.27. The Labute approximate surface area is 415 Å². The van der Waals surface area contributed by atoms with Gasteiger partial charge in [0.05, 0.1) is 37.6 Å². The number of benzene rings is 4. The lowest BCUT2D eigenvalue weighted by atomic mass is 10.2. The molecule has 4 amide bonds. The number of amides is 4. The van der Waals surface area contributed by atoms with E-state index in [0.717, 1.165) is 91.0 Å². The van der Waals surface area contributed by atoms with Crippen LogP contribution in [0.3, 0.4) is 0 Å². The van der Waals surface area contributed by atoms with Crippen LogP contribution in [0.15, 0.2) is 122 Å². The molecule has 4 aromatic carbocycles. The van der Waals surface area contributed by atoms with Gasteiger partial charge in [0.15, 0.2) is 23.3 Å². The number of rotatable bonds is 8. The third-order valence-corrected chi connectivity index (χ3v) is 11.1. The van der Waals surface area contributed by atoms with Gasteiger partial charge in [0.2, 0.25) is 0 Å². The van der Waals surface area contributed by atoms with Crippen LogP contribution in [0.2, 0.25) is 0 Å². The molecule has 0 radical (unpaired) electrons. The predicted octanol–water partition coefficient (Wildman–Crippen LogP) is 7.23. The highest BCUT2D eigenvalue weighted by atomic mass is 19.1. The number of anilines is 6. The Bertz CT molecular complexity index is 3120. The minimum Gasteiger partial charge on any atom is -0.399 e. The van der Waals surface area contributed by atoms with Gasteiger partial charge in [-0.1, -0.05) is 14.9 Å². The first kappa shape index (κ1) is 52.7. The molecular formula is C51H58F2N14O5. The highest BCUT2D eigenvalue weighted by molar-refractivity contribution is 6.00. The molecule has 2 aliphatic heterocycles. The molecule has 376 valence electrons. The largest absolute Gasteiger partial charge is 0.399 e. The van der Waals surface area contributed by atoms with Gasteiger partial charge in [-0.3, -0.25) is 9.59 Å². The van der Waals surface area contributed by atoms with E-state index < -0.39 is 29.5 Å². The van der Waals surface area contributed by atoms with Crippen LogP contribution < -0.4 is 42.5 Å². The normalized spacial score (nSPS) is 13.0.